The van der Waals surface area contributed by atoms with Gasteiger partial charge in [-0.25, -0.2) is 4.98 Å². The molecule has 0 bridgehead atoms. The van der Waals surface area contributed by atoms with Gasteiger partial charge < -0.3 is 25.9 Å². The summed E-state index contributed by atoms with van der Waals surface area (Å²) in [6.07, 6.45) is 3.69. The van der Waals surface area contributed by atoms with E-state index >= 15 is 0 Å². The van der Waals surface area contributed by atoms with Gasteiger partial charge in [-0.2, -0.15) is 0 Å². The first-order valence-corrected chi connectivity index (χ1v) is 12.4. The van der Waals surface area contributed by atoms with Crippen molar-refractivity contribution in [2.24, 2.45) is 5.73 Å². The molecule has 0 aliphatic carbocycles. The molecule has 0 radical (unpaired) electrons. The normalized spacial score (nSPS) is 18.3. The van der Waals surface area contributed by atoms with Crippen LogP contribution in [-0.4, -0.2) is 27.8 Å². The molecule has 5 aromatic rings. The fraction of sp³-hybridized carbons (Fsp3) is 0.100. The van der Waals surface area contributed by atoms with Crippen LogP contribution in [0.15, 0.2) is 97.3 Å². The van der Waals surface area contributed by atoms with Crippen LogP contribution in [-0.2, 0) is 17.8 Å². The predicted molar refractivity (Wildman–Crippen MR) is 150 cm³/mol. The number of carbonyl (C=O) groups is 1. The quantitative estimate of drug-likeness (QED) is 0.112. The first kappa shape index (κ1) is 23.6. The molecule has 188 valence electrons. The van der Waals surface area contributed by atoms with E-state index in [1.165, 1.54) is 0 Å². The molecule has 1 aromatic heterocycles. The van der Waals surface area contributed by atoms with Crippen LogP contribution in [0.4, 0.5) is 11.4 Å². The number of hydrogen-bond donors (Lipinski definition) is 4. The molecule has 2 heterocycles. The Morgan fingerprint density at radius 1 is 1.08 bits per heavy atom. The highest BCUT2D eigenvalue weighted by Gasteiger charge is 2.45. The number of rotatable bonds is 6. The molecule has 8 heteroatoms. The number of amides is 1. The minimum atomic E-state index is -0.918. The predicted octanol–water partition coefficient (Wildman–Crippen LogP) is 5.08. The van der Waals surface area contributed by atoms with Crippen molar-refractivity contribution in [1.29, 1.82) is 5.41 Å². The van der Waals surface area contributed by atoms with E-state index < -0.39 is 10.7 Å². The molecule has 38 heavy (non-hydrogen) atoms. The maximum atomic E-state index is 14.9. The number of nitrogens with two attached hydrogens (primary N) is 1. The van der Waals surface area contributed by atoms with Crippen molar-refractivity contribution < 1.29 is 4.79 Å². The average molecular weight is 503 g/mol. The lowest BCUT2D eigenvalue weighted by molar-refractivity contribution is -0.119. The summed E-state index contributed by atoms with van der Waals surface area (Å²) in [4.78, 5) is 21.1. The van der Waals surface area contributed by atoms with Crippen molar-refractivity contribution in [3.05, 3.63) is 119 Å². The number of fused-ring (bicyclic) bond motifs is 2. The van der Waals surface area contributed by atoms with Gasteiger partial charge in [0.25, 0.3) is 5.91 Å². The zero-order valence-electron chi connectivity index (χ0n) is 20.5. The first-order chi connectivity index (χ1) is 18.4. The molecule has 1 aliphatic heterocycles. The summed E-state index contributed by atoms with van der Waals surface area (Å²) in [6.45, 7) is 0.0697. The largest absolute Gasteiger partial charge is 0.627 e. The van der Waals surface area contributed by atoms with Crippen molar-refractivity contribution in [2.75, 3.05) is 5.32 Å². The number of aromatic nitrogens is 2. The second kappa shape index (κ2) is 9.26. The Hall–Kier alpha value is -4.79. The summed E-state index contributed by atoms with van der Waals surface area (Å²) in [6, 6.07) is 25.5. The number of hydrogen-bond acceptors (Lipinski definition) is 4. The summed E-state index contributed by atoms with van der Waals surface area (Å²) in [5.41, 5.74) is 9.75. The van der Waals surface area contributed by atoms with Crippen LogP contribution in [0, 0.1) is 10.6 Å². The molecule has 0 saturated heterocycles. The highest BCUT2D eigenvalue weighted by Crippen LogP contribution is 2.42. The van der Waals surface area contributed by atoms with Gasteiger partial charge in [-0.05, 0) is 22.9 Å². The van der Waals surface area contributed by atoms with E-state index in [-0.39, 0.29) is 24.7 Å². The van der Waals surface area contributed by atoms with Gasteiger partial charge in [-0.3, -0.25) is 10.2 Å². The van der Waals surface area contributed by atoms with E-state index in [4.69, 9.17) is 11.1 Å². The SMILES string of the molecule is N=C(N)c1ccc2c(c1)[N+]([O-])(Cc1cccc3ccccc13)C(C(=O)Nc1cccc(-c3ncc[nH]3)c1)C2. The third-order valence-corrected chi connectivity index (χ3v) is 7.21. The lowest BCUT2D eigenvalue weighted by Gasteiger charge is -2.43. The second-order valence-corrected chi connectivity index (χ2v) is 9.58. The Morgan fingerprint density at radius 3 is 2.71 bits per heavy atom. The number of amidine groups is 1. The fourth-order valence-electron chi connectivity index (χ4n) is 5.33. The molecule has 8 nitrogen and oxygen atoms in total. The Balaban J connectivity index is 1.39. The van der Waals surface area contributed by atoms with Crippen LogP contribution in [0.5, 0.6) is 0 Å². The van der Waals surface area contributed by atoms with Crippen LogP contribution in [0.3, 0.4) is 0 Å². The number of nitrogens with zero attached hydrogens (tertiary/aromatic N) is 2. The molecule has 5 N–H and O–H groups in total. The average Bonchev–Trinajstić information content (AvgIpc) is 3.56. The summed E-state index contributed by atoms with van der Waals surface area (Å²) < 4.78 is -0.867. The van der Waals surface area contributed by atoms with Crippen LogP contribution >= 0.6 is 0 Å². The summed E-state index contributed by atoms with van der Waals surface area (Å²) in [5, 5.41) is 27.8. The van der Waals surface area contributed by atoms with E-state index in [1.807, 2.05) is 66.7 Å². The van der Waals surface area contributed by atoms with Crippen LogP contribution in [0.1, 0.15) is 16.7 Å². The molecule has 0 saturated carbocycles. The van der Waals surface area contributed by atoms with Crippen LogP contribution < -0.4 is 15.7 Å². The van der Waals surface area contributed by atoms with Crippen molar-refractivity contribution in [2.45, 2.75) is 19.0 Å². The van der Waals surface area contributed by atoms with Gasteiger partial charge in [0.05, 0.1) is 0 Å². The van der Waals surface area contributed by atoms with Gasteiger partial charge >= 0.3 is 0 Å². The number of hydroxylamine groups is 2. The van der Waals surface area contributed by atoms with Gasteiger partial charge in [-0.1, -0.05) is 66.7 Å². The topological polar surface area (TPSA) is 131 Å². The minimum Gasteiger partial charge on any atom is -0.627 e. The van der Waals surface area contributed by atoms with Crippen molar-refractivity contribution >= 4 is 33.9 Å². The minimum absolute atomic E-state index is 0.0697. The Labute approximate surface area is 219 Å². The number of imidazole rings is 1. The Kier molecular flexibility index (Phi) is 5.75. The van der Waals surface area contributed by atoms with E-state index in [2.05, 4.69) is 15.3 Å². The van der Waals surface area contributed by atoms with E-state index in [1.54, 1.807) is 30.6 Å². The molecule has 4 aromatic carbocycles. The first-order valence-electron chi connectivity index (χ1n) is 12.4. The maximum Gasteiger partial charge on any atom is 0.283 e. The molecule has 2 unspecified atom stereocenters. The second-order valence-electron chi connectivity index (χ2n) is 9.58. The number of H-pyrrole nitrogens is 1. The van der Waals surface area contributed by atoms with E-state index in [0.29, 0.717) is 22.8 Å². The van der Waals surface area contributed by atoms with Gasteiger partial charge in [0.1, 0.15) is 23.9 Å². The molecule has 1 aliphatic rings. The Morgan fingerprint density at radius 2 is 1.89 bits per heavy atom. The summed E-state index contributed by atoms with van der Waals surface area (Å²) in [5.74, 6) is 0.209. The molecule has 2 atom stereocenters. The van der Waals surface area contributed by atoms with Gasteiger partial charge in [0, 0.05) is 52.8 Å². The zero-order chi connectivity index (χ0) is 26.3. The smallest absolute Gasteiger partial charge is 0.283 e. The number of carbonyl (C=O) groups excluding carboxylic acids is 1. The van der Waals surface area contributed by atoms with Gasteiger partial charge in [0.2, 0.25) is 0 Å². The highest BCUT2D eigenvalue weighted by molar-refractivity contribution is 6.00. The molecule has 1 amide bonds. The molecular weight excluding hydrogens is 476 g/mol. The standard InChI is InChI=1S/C30H26N6O2/c31-28(32)21-12-11-20-16-27(30(37)35-24-9-4-7-22(15-24)29-33-13-14-34-29)36(38,26(20)17-21)18-23-8-3-6-19-5-1-2-10-25(19)23/h1-15,17,27H,16,18H2,(H3,31,32)(H,33,34)(H,35,37). The monoisotopic (exact) mass is 502 g/mol. The van der Waals surface area contributed by atoms with E-state index in [9.17, 15) is 10.0 Å². The Bertz CT molecular complexity index is 1670. The van der Waals surface area contributed by atoms with Gasteiger partial charge in [-0.15, -0.1) is 0 Å². The van der Waals surface area contributed by atoms with E-state index in [0.717, 1.165) is 27.5 Å². The number of aromatic amines is 1. The lowest BCUT2D eigenvalue weighted by Crippen LogP contribution is -2.54. The van der Waals surface area contributed by atoms with Crippen molar-refractivity contribution in [3.8, 4) is 11.4 Å². The van der Waals surface area contributed by atoms with Crippen molar-refractivity contribution in [1.82, 2.24) is 14.6 Å². The number of benzene rings is 4. The third-order valence-electron chi connectivity index (χ3n) is 7.21. The number of nitrogens with one attached hydrogen (secondary N) is 3. The molecule has 0 spiro atoms. The lowest BCUT2D eigenvalue weighted by atomic mass is 10.0. The summed E-state index contributed by atoms with van der Waals surface area (Å²) >= 11 is 0. The molecular formula is C30H26N6O2. The maximum absolute atomic E-state index is 14.9. The molecule has 0 fully saturated rings. The summed E-state index contributed by atoms with van der Waals surface area (Å²) in [7, 11) is 0. The fourth-order valence-corrected chi connectivity index (χ4v) is 5.33. The van der Waals surface area contributed by atoms with Crippen LogP contribution in [0.25, 0.3) is 22.2 Å². The highest BCUT2D eigenvalue weighted by atomic mass is 16.6. The number of anilines is 1. The number of quaternary nitrogens is 1. The molecule has 6 rings (SSSR count). The number of nitrogen functional groups attached to an aromatic ring is 1. The third kappa shape index (κ3) is 4.11. The van der Waals surface area contributed by atoms with Crippen LogP contribution in [0.2, 0.25) is 0 Å². The zero-order valence-corrected chi connectivity index (χ0v) is 20.5. The van der Waals surface area contributed by atoms with Crippen molar-refractivity contribution in [3.63, 3.8) is 0 Å². The van der Waals surface area contributed by atoms with Gasteiger partial charge in [0.15, 0.2) is 6.04 Å².